The molecule has 142 valence electrons. The Balaban J connectivity index is 1.76. The summed E-state index contributed by atoms with van der Waals surface area (Å²) in [5, 5.41) is 11.1. The van der Waals surface area contributed by atoms with Gasteiger partial charge in [-0.05, 0) is 31.4 Å². The molecule has 1 saturated carbocycles. The average molecular weight is 365 g/mol. The molecule has 1 aliphatic carbocycles. The quantitative estimate of drug-likeness (QED) is 0.555. The topological polar surface area (TPSA) is 94.2 Å². The zero-order valence-corrected chi connectivity index (χ0v) is 15.7. The van der Waals surface area contributed by atoms with Gasteiger partial charge in [-0.25, -0.2) is 4.98 Å². The number of hydrogen-bond acceptors (Lipinski definition) is 6. The van der Waals surface area contributed by atoms with Gasteiger partial charge >= 0.3 is 0 Å². The number of hydrogen-bond donors (Lipinski definition) is 3. The molecule has 2 aromatic rings. The first kappa shape index (κ1) is 17.7. The third-order valence-corrected chi connectivity index (χ3v) is 5.65. The van der Waals surface area contributed by atoms with E-state index < -0.39 is 0 Å². The Hall–Kier alpha value is -2.67. The molecule has 0 saturated heterocycles. The highest BCUT2D eigenvalue weighted by Crippen LogP contribution is 2.40. The van der Waals surface area contributed by atoms with Crippen molar-refractivity contribution >= 4 is 29.5 Å². The van der Waals surface area contributed by atoms with Gasteiger partial charge in [0.05, 0.1) is 18.6 Å². The fraction of sp³-hybridized carbons (Fsp3) is 0.450. The van der Waals surface area contributed by atoms with Crippen molar-refractivity contribution in [1.82, 2.24) is 9.97 Å². The maximum atomic E-state index is 7.86. The van der Waals surface area contributed by atoms with Crippen LogP contribution in [0.5, 0.6) is 0 Å². The van der Waals surface area contributed by atoms with E-state index in [2.05, 4.69) is 22.1 Å². The van der Waals surface area contributed by atoms with Crippen LogP contribution in [0.3, 0.4) is 0 Å². The van der Waals surface area contributed by atoms with Crippen molar-refractivity contribution in [3.05, 3.63) is 36.5 Å². The number of rotatable bonds is 5. The second kappa shape index (κ2) is 7.52. The Kier molecular flexibility index (Phi) is 4.94. The fourth-order valence-corrected chi connectivity index (χ4v) is 4.34. The Morgan fingerprint density at radius 1 is 1.26 bits per heavy atom. The van der Waals surface area contributed by atoms with Crippen LogP contribution in [0.1, 0.15) is 39.0 Å². The molecule has 2 heterocycles. The minimum atomic E-state index is -0.267. The monoisotopic (exact) mass is 365 g/mol. The van der Waals surface area contributed by atoms with Gasteiger partial charge in [-0.2, -0.15) is 4.98 Å². The molecule has 0 radical (unpaired) electrons. The number of aromatic nitrogens is 2. The van der Waals surface area contributed by atoms with Gasteiger partial charge in [-0.15, -0.1) is 0 Å². The van der Waals surface area contributed by atoms with Crippen LogP contribution in [0.15, 0.2) is 36.5 Å². The van der Waals surface area contributed by atoms with Crippen LogP contribution in [0.2, 0.25) is 0 Å². The fourth-order valence-electron chi connectivity index (χ4n) is 4.34. The van der Waals surface area contributed by atoms with E-state index in [1.165, 1.54) is 32.0 Å². The maximum absolute atomic E-state index is 7.86. The summed E-state index contributed by atoms with van der Waals surface area (Å²) in [4.78, 5) is 13.6. The number of benzene rings is 1. The number of nitrogens with one attached hydrogen (secondary N) is 2. The van der Waals surface area contributed by atoms with E-state index >= 15 is 0 Å². The van der Waals surface area contributed by atoms with Crippen molar-refractivity contribution < 1.29 is 0 Å². The first-order valence-electron chi connectivity index (χ1n) is 9.75. The highest BCUT2D eigenvalue weighted by atomic mass is 15.4. The van der Waals surface area contributed by atoms with E-state index in [9.17, 15) is 0 Å². The lowest BCUT2D eigenvalue weighted by Gasteiger charge is -2.48. The molecule has 7 heteroatoms. The molecule has 2 unspecified atom stereocenters. The zero-order chi connectivity index (χ0) is 18.8. The van der Waals surface area contributed by atoms with Gasteiger partial charge < -0.3 is 20.9 Å². The van der Waals surface area contributed by atoms with Crippen LogP contribution in [0.25, 0.3) is 0 Å². The van der Waals surface area contributed by atoms with Crippen LogP contribution >= 0.6 is 0 Å². The second-order valence-electron chi connectivity index (χ2n) is 7.24. The average Bonchev–Trinajstić information content (AvgIpc) is 3.22. The van der Waals surface area contributed by atoms with Crippen LogP contribution in [-0.4, -0.2) is 34.6 Å². The van der Waals surface area contributed by atoms with E-state index in [0.717, 1.165) is 23.6 Å². The third-order valence-electron chi connectivity index (χ3n) is 5.65. The number of nitrogens with zero attached hydrogens (tertiary/aromatic N) is 4. The largest absolute Gasteiger partial charge is 0.345 e. The first-order valence-corrected chi connectivity index (χ1v) is 9.75. The summed E-state index contributed by atoms with van der Waals surface area (Å²) < 4.78 is 0. The molecule has 4 N–H and O–H groups in total. The van der Waals surface area contributed by atoms with Crippen molar-refractivity contribution in [2.45, 2.75) is 57.3 Å². The van der Waals surface area contributed by atoms with Crippen LogP contribution in [-0.2, 0) is 0 Å². The molecular weight excluding hydrogens is 338 g/mol. The smallest absolute Gasteiger partial charge is 0.229 e. The zero-order valence-electron chi connectivity index (χ0n) is 15.7. The predicted molar refractivity (Wildman–Crippen MR) is 110 cm³/mol. The standard InChI is InChI=1S/C20H27N7/c1-2-16-18(22)26(13-21)17-12-23-20(24-14-8-4-3-5-9-14)25-19(17)27(16)15-10-6-7-11-15/h3-5,8-9,12-13,15-16,18,21H,2,6-7,10-11,22H2,1H3,(H,23,24,25). The second-order valence-corrected chi connectivity index (χ2v) is 7.24. The lowest BCUT2D eigenvalue weighted by atomic mass is 10.0. The Morgan fingerprint density at radius 2 is 2.00 bits per heavy atom. The van der Waals surface area contributed by atoms with E-state index in [4.69, 9.17) is 16.1 Å². The van der Waals surface area contributed by atoms with Gasteiger partial charge in [0.2, 0.25) is 5.95 Å². The summed E-state index contributed by atoms with van der Waals surface area (Å²) in [6.45, 7) is 2.16. The Bertz CT molecular complexity index is 788. The number of para-hydroxylation sites is 1. The molecule has 0 amide bonds. The van der Waals surface area contributed by atoms with E-state index in [1.54, 1.807) is 11.1 Å². The molecule has 27 heavy (non-hydrogen) atoms. The SMILES string of the molecule is CCC1C(N)N(C=N)c2cnc(Nc3ccccc3)nc2N1C1CCCC1. The lowest BCUT2D eigenvalue weighted by Crippen LogP contribution is -2.62. The van der Waals surface area contributed by atoms with Gasteiger partial charge in [-0.3, -0.25) is 5.41 Å². The maximum Gasteiger partial charge on any atom is 0.229 e. The first-order chi connectivity index (χ1) is 13.2. The summed E-state index contributed by atoms with van der Waals surface area (Å²) in [7, 11) is 0. The van der Waals surface area contributed by atoms with E-state index in [0.29, 0.717) is 12.0 Å². The summed E-state index contributed by atoms with van der Waals surface area (Å²) in [6.07, 6.45) is 8.55. The van der Waals surface area contributed by atoms with Gasteiger partial charge in [0, 0.05) is 11.7 Å². The molecule has 0 spiro atoms. The third kappa shape index (κ3) is 3.23. The minimum absolute atomic E-state index is 0.127. The molecule has 1 fully saturated rings. The molecule has 1 aromatic carbocycles. The van der Waals surface area contributed by atoms with E-state index in [-0.39, 0.29) is 12.2 Å². The highest BCUT2D eigenvalue weighted by Gasteiger charge is 2.41. The molecule has 1 aliphatic heterocycles. The summed E-state index contributed by atoms with van der Waals surface area (Å²) in [5.41, 5.74) is 8.31. The molecule has 1 aromatic heterocycles. The minimum Gasteiger partial charge on any atom is -0.345 e. The van der Waals surface area contributed by atoms with Gasteiger partial charge in [0.25, 0.3) is 0 Å². The molecule has 7 nitrogen and oxygen atoms in total. The normalized spacial score (nSPS) is 22.6. The molecule has 2 aliphatic rings. The van der Waals surface area contributed by atoms with Crippen LogP contribution in [0, 0.1) is 5.41 Å². The van der Waals surface area contributed by atoms with Gasteiger partial charge in [-0.1, -0.05) is 38.0 Å². The Labute approximate surface area is 160 Å². The highest BCUT2D eigenvalue weighted by molar-refractivity contribution is 5.86. The molecular formula is C20H27N7. The predicted octanol–water partition coefficient (Wildman–Crippen LogP) is 3.46. The van der Waals surface area contributed by atoms with Crippen molar-refractivity contribution in [2.24, 2.45) is 5.73 Å². The van der Waals surface area contributed by atoms with Crippen LogP contribution < -0.4 is 20.9 Å². The molecule has 4 rings (SSSR count). The van der Waals surface area contributed by atoms with Gasteiger partial charge in [0.15, 0.2) is 5.82 Å². The van der Waals surface area contributed by atoms with Gasteiger partial charge in [0.1, 0.15) is 11.9 Å². The number of nitrogens with two attached hydrogens (primary N) is 1. The summed E-state index contributed by atoms with van der Waals surface area (Å²) >= 11 is 0. The molecule has 2 atom stereocenters. The molecule has 0 bridgehead atoms. The lowest BCUT2D eigenvalue weighted by molar-refractivity contribution is 0.418. The van der Waals surface area contributed by atoms with Crippen molar-refractivity contribution in [2.75, 3.05) is 15.1 Å². The van der Waals surface area contributed by atoms with Crippen LogP contribution in [0.4, 0.5) is 23.1 Å². The van der Waals surface area contributed by atoms with Crippen molar-refractivity contribution in [3.8, 4) is 0 Å². The summed E-state index contributed by atoms with van der Waals surface area (Å²) in [6, 6.07) is 10.5. The Morgan fingerprint density at radius 3 is 2.67 bits per heavy atom. The number of anilines is 4. The van der Waals surface area contributed by atoms with Crippen molar-refractivity contribution in [1.29, 1.82) is 5.41 Å². The van der Waals surface area contributed by atoms with E-state index in [1.807, 2.05) is 30.3 Å². The van der Waals surface area contributed by atoms with Crippen molar-refractivity contribution in [3.63, 3.8) is 0 Å². The summed E-state index contributed by atoms with van der Waals surface area (Å²) in [5.74, 6) is 1.45. The number of fused-ring (bicyclic) bond motifs is 1.